The summed E-state index contributed by atoms with van der Waals surface area (Å²) in [6, 6.07) is 5.60. The molecule has 24 heavy (non-hydrogen) atoms. The molecule has 0 bridgehead atoms. The molecule has 0 aliphatic carbocycles. The number of benzene rings is 1. The molecule has 1 aromatic heterocycles. The number of sulfone groups is 1. The van der Waals surface area contributed by atoms with Gasteiger partial charge in [0.05, 0.1) is 17.2 Å². The van der Waals surface area contributed by atoms with Crippen molar-refractivity contribution >= 4 is 27.1 Å². The first-order valence-corrected chi connectivity index (χ1v) is 9.81. The quantitative estimate of drug-likeness (QED) is 0.765. The van der Waals surface area contributed by atoms with E-state index in [9.17, 15) is 17.6 Å². The summed E-state index contributed by atoms with van der Waals surface area (Å²) in [7, 11) is -1.94. The lowest BCUT2D eigenvalue weighted by Crippen LogP contribution is -2.22. The minimum Gasteiger partial charge on any atom is -0.486 e. The van der Waals surface area contributed by atoms with Crippen LogP contribution in [0, 0.1) is 5.82 Å². The zero-order valence-electron chi connectivity index (χ0n) is 13.0. The molecule has 6 nitrogen and oxygen atoms in total. The third-order valence-corrected chi connectivity index (χ3v) is 5.49. The zero-order chi connectivity index (χ0) is 17.6. The van der Waals surface area contributed by atoms with E-state index in [0.29, 0.717) is 16.5 Å². The van der Waals surface area contributed by atoms with E-state index in [1.165, 1.54) is 42.6 Å². The predicted molar refractivity (Wildman–Crippen MR) is 89.0 cm³/mol. The van der Waals surface area contributed by atoms with Crippen LogP contribution in [-0.4, -0.2) is 32.1 Å². The second-order valence-electron chi connectivity index (χ2n) is 4.99. The Morgan fingerprint density at radius 2 is 2.04 bits per heavy atom. The van der Waals surface area contributed by atoms with Gasteiger partial charge in [-0.2, -0.15) is 0 Å². The molecule has 0 spiro atoms. The summed E-state index contributed by atoms with van der Waals surface area (Å²) < 4.78 is 42.2. The predicted octanol–water partition coefficient (Wildman–Crippen LogP) is 1.91. The van der Waals surface area contributed by atoms with Crippen molar-refractivity contribution in [2.75, 3.05) is 12.8 Å². The highest BCUT2D eigenvalue weighted by Crippen LogP contribution is 2.17. The lowest BCUT2D eigenvalue weighted by molar-refractivity contribution is -0.120. The minimum absolute atomic E-state index is 0.0660. The highest BCUT2D eigenvalue weighted by Gasteiger charge is 2.16. The Morgan fingerprint density at radius 1 is 1.33 bits per heavy atom. The number of nitrogens with one attached hydrogen (secondary N) is 1. The molecule has 1 aromatic carbocycles. The van der Waals surface area contributed by atoms with Gasteiger partial charge < -0.3 is 10.1 Å². The molecule has 2 aromatic rings. The van der Waals surface area contributed by atoms with E-state index < -0.39 is 9.84 Å². The molecule has 130 valence electrons. The van der Waals surface area contributed by atoms with Crippen LogP contribution in [0.25, 0.3) is 0 Å². The SMILES string of the molecule is CNC(=O)CCS(=O)(=O)Cc1csc(COc2ccc(F)cc2)n1. The van der Waals surface area contributed by atoms with Crippen LogP contribution in [-0.2, 0) is 27.0 Å². The molecule has 1 heterocycles. The van der Waals surface area contributed by atoms with Crippen LogP contribution in [0.4, 0.5) is 4.39 Å². The van der Waals surface area contributed by atoms with Gasteiger partial charge in [0.15, 0.2) is 9.84 Å². The number of carbonyl (C=O) groups excluding carboxylic acids is 1. The Bertz CT molecular complexity index is 788. The van der Waals surface area contributed by atoms with Crippen molar-refractivity contribution in [3.8, 4) is 5.75 Å². The van der Waals surface area contributed by atoms with Crippen LogP contribution in [0.5, 0.6) is 5.75 Å². The third kappa shape index (κ3) is 5.89. The number of halogens is 1. The van der Waals surface area contributed by atoms with Gasteiger partial charge >= 0.3 is 0 Å². The van der Waals surface area contributed by atoms with E-state index >= 15 is 0 Å². The number of hydrogen-bond acceptors (Lipinski definition) is 6. The van der Waals surface area contributed by atoms with Crippen LogP contribution in [0.1, 0.15) is 17.1 Å². The van der Waals surface area contributed by atoms with Gasteiger partial charge in [-0.1, -0.05) is 0 Å². The van der Waals surface area contributed by atoms with E-state index in [2.05, 4.69) is 10.3 Å². The first kappa shape index (κ1) is 18.3. The average molecular weight is 372 g/mol. The smallest absolute Gasteiger partial charge is 0.220 e. The highest BCUT2D eigenvalue weighted by atomic mass is 32.2. The van der Waals surface area contributed by atoms with E-state index in [-0.39, 0.29) is 36.3 Å². The van der Waals surface area contributed by atoms with Crippen molar-refractivity contribution < 1.29 is 22.3 Å². The molecule has 0 radical (unpaired) electrons. The summed E-state index contributed by atoms with van der Waals surface area (Å²) in [4.78, 5) is 15.3. The Hall–Kier alpha value is -2.00. The molecular formula is C15H17FN2O4S2. The molecule has 0 saturated carbocycles. The molecule has 0 aliphatic rings. The van der Waals surface area contributed by atoms with Gasteiger partial charge in [0.1, 0.15) is 23.2 Å². The summed E-state index contributed by atoms with van der Waals surface area (Å²) in [5.74, 6) is -0.583. The molecule has 2 rings (SSSR count). The van der Waals surface area contributed by atoms with Gasteiger partial charge in [-0.05, 0) is 24.3 Å². The Labute approximate surface area is 143 Å². The minimum atomic E-state index is -3.40. The van der Waals surface area contributed by atoms with Crippen molar-refractivity contribution in [3.05, 3.63) is 46.2 Å². The van der Waals surface area contributed by atoms with Crippen molar-refractivity contribution in [2.45, 2.75) is 18.8 Å². The number of rotatable bonds is 8. The Balaban J connectivity index is 1.88. The molecule has 1 amide bonds. The summed E-state index contributed by atoms with van der Waals surface area (Å²) in [5.41, 5.74) is 0.426. The third-order valence-electron chi connectivity index (χ3n) is 3.06. The van der Waals surface area contributed by atoms with E-state index in [1.54, 1.807) is 5.38 Å². The van der Waals surface area contributed by atoms with E-state index in [0.717, 1.165) is 0 Å². The van der Waals surface area contributed by atoms with Gasteiger partial charge in [0.25, 0.3) is 0 Å². The van der Waals surface area contributed by atoms with Gasteiger partial charge in [0.2, 0.25) is 5.91 Å². The molecule has 0 saturated heterocycles. The first-order valence-electron chi connectivity index (χ1n) is 7.10. The summed E-state index contributed by atoms with van der Waals surface area (Å²) >= 11 is 1.29. The molecule has 0 fully saturated rings. The average Bonchev–Trinajstić information content (AvgIpc) is 2.99. The molecule has 0 aliphatic heterocycles. The largest absolute Gasteiger partial charge is 0.486 e. The van der Waals surface area contributed by atoms with E-state index in [4.69, 9.17) is 4.74 Å². The number of ether oxygens (including phenoxy) is 1. The highest BCUT2D eigenvalue weighted by molar-refractivity contribution is 7.90. The van der Waals surface area contributed by atoms with Crippen LogP contribution < -0.4 is 10.1 Å². The molecule has 0 atom stereocenters. The van der Waals surface area contributed by atoms with Gasteiger partial charge in [-0.3, -0.25) is 4.79 Å². The maximum absolute atomic E-state index is 12.8. The normalized spacial score (nSPS) is 11.2. The van der Waals surface area contributed by atoms with Crippen LogP contribution in [0.2, 0.25) is 0 Å². The summed E-state index contributed by atoms with van der Waals surface area (Å²) in [6.45, 7) is 0.175. The lowest BCUT2D eigenvalue weighted by atomic mass is 10.3. The fraction of sp³-hybridized carbons (Fsp3) is 0.333. The monoisotopic (exact) mass is 372 g/mol. The molecular weight excluding hydrogens is 355 g/mol. The van der Waals surface area contributed by atoms with Crippen molar-refractivity contribution in [1.82, 2.24) is 10.3 Å². The standard InChI is InChI=1S/C15H17FN2O4S2/c1-17-14(19)6-7-24(20,21)10-12-9-23-15(18-12)8-22-13-4-2-11(16)3-5-13/h2-5,9H,6-8,10H2,1H3,(H,17,19). The topological polar surface area (TPSA) is 85.4 Å². The number of aromatic nitrogens is 1. The number of nitrogens with zero attached hydrogens (tertiary/aromatic N) is 1. The maximum Gasteiger partial charge on any atom is 0.220 e. The molecule has 1 N–H and O–H groups in total. The number of amides is 1. The van der Waals surface area contributed by atoms with Gasteiger partial charge in [-0.15, -0.1) is 11.3 Å². The fourth-order valence-corrected chi connectivity index (χ4v) is 3.88. The lowest BCUT2D eigenvalue weighted by Gasteiger charge is -2.03. The Kier molecular flexibility index (Phi) is 6.27. The molecule has 9 heteroatoms. The van der Waals surface area contributed by atoms with Gasteiger partial charge in [-0.25, -0.2) is 17.8 Å². The van der Waals surface area contributed by atoms with Crippen molar-refractivity contribution in [2.24, 2.45) is 0 Å². The maximum atomic E-state index is 12.8. The van der Waals surface area contributed by atoms with Crippen LogP contribution >= 0.6 is 11.3 Å². The Morgan fingerprint density at radius 3 is 2.71 bits per heavy atom. The first-order chi connectivity index (χ1) is 11.4. The fourth-order valence-electron chi connectivity index (χ4n) is 1.83. The van der Waals surface area contributed by atoms with Crippen LogP contribution in [0.3, 0.4) is 0 Å². The summed E-state index contributed by atoms with van der Waals surface area (Å²) in [5, 5.41) is 4.66. The second kappa shape index (κ2) is 8.20. The van der Waals surface area contributed by atoms with Gasteiger partial charge in [0, 0.05) is 18.8 Å². The summed E-state index contributed by atoms with van der Waals surface area (Å²) in [6.07, 6.45) is -0.0660. The van der Waals surface area contributed by atoms with E-state index in [1.807, 2.05) is 0 Å². The van der Waals surface area contributed by atoms with Crippen molar-refractivity contribution in [3.63, 3.8) is 0 Å². The molecule has 0 unspecified atom stereocenters. The second-order valence-corrected chi connectivity index (χ2v) is 8.12. The van der Waals surface area contributed by atoms with Crippen LogP contribution in [0.15, 0.2) is 29.6 Å². The zero-order valence-corrected chi connectivity index (χ0v) is 14.6. The van der Waals surface area contributed by atoms with Crippen molar-refractivity contribution in [1.29, 1.82) is 0 Å². The number of carbonyl (C=O) groups is 1. The number of thiazole rings is 1. The number of hydrogen-bond donors (Lipinski definition) is 1.